The lowest BCUT2D eigenvalue weighted by molar-refractivity contribution is -0.146. The third-order valence-electron chi connectivity index (χ3n) is 3.72. The van der Waals surface area contributed by atoms with Crippen LogP contribution in [0.15, 0.2) is 22.7 Å². The SMILES string of the molecule is Cl.O=C(C1CNCCO1)N1CCc2c(Br)cccc2C1. The first-order valence-electron chi connectivity index (χ1n) is 6.63. The van der Waals surface area contributed by atoms with Crippen LogP contribution in [0.1, 0.15) is 11.1 Å². The fourth-order valence-electron chi connectivity index (χ4n) is 2.68. The first-order valence-corrected chi connectivity index (χ1v) is 7.42. The minimum absolute atomic E-state index is 0. The molecule has 0 radical (unpaired) electrons. The molecule has 1 atom stereocenters. The molecule has 1 fully saturated rings. The number of benzene rings is 1. The number of carbonyl (C=O) groups excluding carboxylic acids is 1. The zero-order valence-corrected chi connectivity index (χ0v) is 13.5. The van der Waals surface area contributed by atoms with Crippen molar-refractivity contribution in [2.45, 2.75) is 19.1 Å². The second-order valence-electron chi connectivity index (χ2n) is 4.95. The minimum Gasteiger partial charge on any atom is -0.366 e. The van der Waals surface area contributed by atoms with Gasteiger partial charge in [-0.2, -0.15) is 0 Å². The van der Waals surface area contributed by atoms with Crippen LogP contribution in [-0.4, -0.2) is 43.2 Å². The van der Waals surface area contributed by atoms with Gasteiger partial charge in [-0.05, 0) is 23.6 Å². The Morgan fingerprint density at radius 1 is 1.45 bits per heavy atom. The molecule has 6 heteroatoms. The predicted molar refractivity (Wildman–Crippen MR) is 83.1 cm³/mol. The lowest BCUT2D eigenvalue weighted by Gasteiger charge is -2.33. The predicted octanol–water partition coefficient (Wildman–Crippen LogP) is 1.74. The number of amides is 1. The van der Waals surface area contributed by atoms with E-state index >= 15 is 0 Å². The summed E-state index contributed by atoms with van der Waals surface area (Å²) >= 11 is 3.58. The van der Waals surface area contributed by atoms with Crippen LogP contribution >= 0.6 is 28.3 Å². The van der Waals surface area contributed by atoms with E-state index in [-0.39, 0.29) is 24.4 Å². The lowest BCUT2D eigenvalue weighted by atomic mass is 9.99. The van der Waals surface area contributed by atoms with E-state index in [4.69, 9.17) is 4.74 Å². The molecule has 0 aliphatic carbocycles. The Labute approximate surface area is 133 Å². The molecule has 2 aliphatic rings. The van der Waals surface area contributed by atoms with Gasteiger partial charge in [0.15, 0.2) is 0 Å². The second-order valence-corrected chi connectivity index (χ2v) is 5.81. The highest BCUT2D eigenvalue weighted by Crippen LogP contribution is 2.26. The van der Waals surface area contributed by atoms with E-state index in [0.717, 1.165) is 24.0 Å². The van der Waals surface area contributed by atoms with Crippen molar-refractivity contribution in [2.24, 2.45) is 0 Å². The standard InChI is InChI=1S/C14H17BrN2O2.ClH/c15-12-3-1-2-10-9-17(6-4-11(10)12)14(18)13-8-16-5-7-19-13;/h1-3,13,16H,4-9H2;1H. The quantitative estimate of drug-likeness (QED) is 0.828. The summed E-state index contributed by atoms with van der Waals surface area (Å²) in [6, 6.07) is 6.18. The first-order chi connectivity index (χ1) is 9.25. The summed E-state index contributed by atoms with van der Waals surface area (Å²) in [6.07, 6.45) is 0.588. The molecule has 1 saturated heterocycles. The Morgan fingerprint density at radius 2 is 2.30 bits per heavy atom. The van der Waals surface area contributed by atoms with Gasteiger partial charge in [0.05, 0.1) is 6.61 Å². The van der Waals surface area contributed by atoms with E-state index in [9.17, 15) is 4.79 Å². The zero-order valence-electron chi connectivity index (χ0n) is 11.1. The average molecular weight is 362 g/mol. The molecule has 1 unspecified atom stereocenters. The smallest absolute Gasteiger partial charge is 0.253 e. The van der Waals surface area contributed by atoms with Crippen LogP contribution in [0.4, 0.5) is 0 Å². The number of ether oxygens (including phenoxy) is 1. The number of hydrogen-bond donors (Lipinski definition) is 1. The minimum atomic E-state index is -0.317. The van der Waals surface area contributed by atoms with Crippen molar-refractivity contribution in [3.63, 3.8) is 0 Å². The first kappa shape index (κ1) is 15.8. The van der Waals surface area contributed by atoms with E-state index in [1.54, 1.807) is 0 Å². The summed E-state index contributed by atoms with van der Waals surface area (Å²) in [5.74, 6) is 0.109. The monoisotopic (exact) mass is 360 g/mol. The molecule has 110 valence electrons. The summed E-state index contributed by atoms with van der Waals surface area (Å²) in [7, 11) is 0. The van der Waals surface area contributed by atoms with E-state index in [2.05, 4.69) is 33.4 Å². The molecule has 1 aromatic carbocycles. The third kappa shape index (κ3) is 3.17. The number of fused-ring (bicyclic) bond motifs is 1. The molecule has 2 aliphatic heterocycles. The Hall–Kier alpha value is -0.620. The highest BCUT2D eigenvalue weighted by Gasteiger charge is 2.29. The van der Waals surface area contributed by atoms with Crippen molar-refractivity contribution in [3.8, 4) is 0 Å². The van der Waals surface area contributed by atoms with E-state index < -0.39 is 0 Å². The van der Waals surface area contributed by atoms with Crippen LogP contribution in [0.3, 0.4) is 0 Å². The number of carbonyl (C=O) groups is 1. The van der Waals surface area contributed by atoms with Gasteiger partial charge in [0, 0.05) is 30.7 Å². The molecule has 0 saturated carbocycles. The van der Waals surface area contributed by atoms with Crippen LogP contribution in [0.25, 0.3) is 0 Å². The second kappa shape index (κ2) is 6.89. The van der Waals surface area contributed by atoms with Crippen molar-refractivity contribution >= 4 is 34.2 Å². The van der Waals surface area contributed by atoms with Crippen molar-refractivity contribution in [1.82, 2.24) is 10.2 Å². The summed E-state index contributed by atoms with van der Waals surface area (Å²) in [6.45, 7) is 3.54. The van der Waals surface area contributed by atoms with E-state index in [0.29, 0.717) is 19.7 Å². The van der Waals surface area contributed by atoms with Crippen molar-refractivity contribution in [1.29, 1.82) is 0 Å². The van der Waals surface area contributed by atoms with Crippen molar-refractivity contribution in [3.05, 3.63) is 33.8 Å². The third-order valence-corrected chi connectivity index (χ3v) is 4.47. The normalized spacial score (nSPS) is 21.9. The maximum Gasteiger partial charge on any atom is 0.253 e. The fourth-order valence-corrected chi connectivity index (χ4v) is 3.28. The lowest BCUT2D eigenvalue weighted by Crippen LogP contribution is -2.50. The highest BCUT2D eigenvalue weighted by atomic mass is 79.9. The summed E-state index contributed by atoms with van der Waals surface area (Å²) in [5, 5.41) is 3.20. The average Bonchev–Trinajstić information content (AvgIpc) is 2.47. The molecule has 1 aromatic rings. The number of morpholine rings is 1. The molecule has 20 heavy (non-hydrogen) atoms. The molecule has 3 rings (SSSR count). The molecule has 4 nitrogen and oxygen atoms in total. The number of nitrogens with one attached hydrogen (secondary N) is 1. The topological polar surface area (TPSA) is 41.6 Å². The van der Waals surface area contributed by atoms with Crippen LogP contribution in [0.5, 0.6) is 0 Å². The summed E-state index contributed by atoms with van der Waals surface area (Å²) < 4.78 is 6.69. The molecule has 0 bridgehead atoms. The number of rotatable bonds is 1. The van der Waals surface area contributed by atoms with Gasteiger partial charge in [0.25, 0.3) is 5.91 Å². The number of hydrogen-bond acceptors (Lipinski definition) is 3. The molecule has 1 N–H and O–H groups in total. The maximum atomic E-state index is 12.4. The van der Waals surface area contributed by atoms with Gasteiger partial charge in [0.1, 0.15) is 6.10 Å². The van der Waals surface area contributed by atoms with Gasteiger partial charge in [-0.3, -0.25) is 4.79 Å². The fraction of sp³-hybridized carbons (Fsp3) is 0.500. The van der Waals surface area contributed by atoms with Gasteiger partial charge >= 0.3 is 0 Å². The maximum absolute atomic E-state index is 12.4. The Kier molecular flexibility index (Phi) is 5.43. The summed E-state index contributed by atoms with van der Waals surface area (Å²) in [4.78, 5) is 14.3. The highest BCUT2D eigenvalue weighted by molar-refractivity contribution is 9.10. The zero-order chi connectivity index (χ0) is 13.2. The van der Waals surface area contributed by atoms with Gasteiger partial charge in [-0.1, -0.05) is 28.1 Å². The number of nitrogens with zero attached hydrogens (tertiary/aromatic N) is 1. The van der Waals surface area contributed by atoms with Crippen molar-refractivity contribution in [2.75, 3.05) is 26.2 Å². The van der Waals surface area contributed by atoms with Gasteiger partial charge in [-0.25, -0.2) is 0 Å². The van der Waals surface area contributed by atoms with Crippen molar-refractivity contribution < 1.29 is 9.53 Å². The number of halogens is 2. The van der Waals surface area contributed by atoms with Gasteiger partial charge in [0.2, 0.25) is 0 Å². The Morgan fingerprint density at radius 3 is 3.05 bits per heavy atom. The largest absolute Gasteiger partial charge is 0.366 e. The molecular weight excluding hydrogens is 344 g/mol. The molecular formula is C14H18BrClN2O2. The Bertz CT molecular complexity index is 492. The van der Waals surface area contributed by atoms with Crippen LogP contribution in [0, 0.1) is 0 Å². The molecule has 1 amide bonds. The molecule has 2 heterocycles. The van der Waals surface area contributed by atoms with Gasteiger partial charge < -0.3 is 15.0 Å². The summed E-state index contributed by atoms with van der Waals surface area (Å²) in [5.41, 5.74) is 2.56. The van der Waals surface area contributed by atoms with Gasteiger partial charge in [-0.15, -0.1) is 12.4 Å². The van der Waals surface area contributed by atoms with E-state index in [1.807, 2.05) is 11.0 Å². The van der Waals surface area contributed by atoms with Crippen LogP contribution < -0.4 is 5.32 Å². The molecule has 0 aromatic heterocycles. The molecule has 0 spiro atoms. The van der Waals surface area contributed by atoms with Crippen LogP contribution in [0.2, 0.25) is 0 Å². The Balaban J connectivity index is 0.00000147. The van der Waals surface area contributed by atoms with E-state index in [1.165, 1.54) is 11.1 Å². The van der Waals surface area contributed by atoms with Crippen LogP contribution in [-0.2, 0) is 22.5 Å².